The van der Waals surface area contributed by atoms with Gasteiger partial charge in [-0.2, -0.15) is 10.2 Å². The van der Waals surface area contributed by atoms with Gasteiger partial charge in [-0.3, -0.25) is 4.79 Å². The molecule has 2 aliphatic rings. The van der Waals surface area contributed by atoms with Crippen LogP contribution in [0.4, 0.5) is 28.8 Å². The van der Waals surface area contributed by atoms with Crippen LogP contribution in [0.2, 0.25) is 0 Å². The number of amides is 1. The molecule has 1 amide bonds. The van der Waals surface area contributed by atoms with Gasteiger partial charge in [0.2, 0.25) is 11.9 Å². The molecule has 1 aromatic carbocycles. The van der Waals surface area contributed by atoms with Crippen molar-refractivity contribution in [3.63, 3.8) is 0 Å². The summed E-state index contributed by atoms with van der Waals surface area (Å²) in [6.45, 7) is 5.48. The van der Waals surface area contributed by atoms with Crippen molar-refractivity contribution in [1.29, 1.82) is 5.26 Å². The number of carbonyl (C=O) groups is 1. The van der Waals surface area contributed by atoms with E-state index in [1.807, 2.05) is 18.2 Å². The highest BCUT2D eigenvalue weighted by atomic mass is 16.1. The van der Waals surface area contributed by atoms with E-state index >= 15 is 0 Å². The second-order valence-electron chi connectivity index (χ2n) is 9.07. The van der Waals surface area contributed by atoms with Crippen molar-refractivity contribution in [2.45, 2.75) is 44.2 Å². The lowest BCUT2D eigenvalue weighted by atomic mass is 9.93. The van der Waals surface area contributed by atoms with Crippen molar-refractivity contribution in [2.75, 3.05) is 48.0 Å². The zero-order valence-electron chi connectivity index (χ0n) is 19.8. The first-order valence-electron chi connectivity index (χ1n) is 11.8. The molecule has 0 bridgehead atoms. The van der Waals surface area contributed by atoms with Crippen LogP contribution in [0.3, 0.4) is 0 Å². The van der Waals surface area contributed by atoms with E-state index in [1.165, 1.54) is 18.7 Å². The number of hydrogen-bond donors (Lipinski definition) is 3. The van der Waals surface area contributed by atoms with E-state index in [2.05, 4.69) is 62.5 Å². The molecule has 1 aliphatic heterocycles. The van der Waals surface area contributed by atoms with Crippen molar-refractivity contribution in [3.8, 4) is 6.07 Å². The summed E-state index contributed by atoms with van der Waals surface area (Å²) in [5, 5.41) is 18.9. The second-order valence-corrected chi connectivity index (χ2v) is 9.07. The number of piperidine rings is 1. The van der Waals surface area contributed by atoms with Gasteiger partial charge >= 0.3 is 0 Å². The van der Waals surface area contributed by atoms with Crippen molar-refractivity contribution >= 4 is 34.7 Å². The molecule has 178 valence electrons. The summed E-state index contributed by atoms with van der Waals surface area (Å²) in [5.41, 5.74) is 2.75. The Balaban J connectivity index is 1.56. The molecule has 2 heterocycles. The predicted octanol–water partition coefficient (Wildman–Crippen LogP) is 3.71. The highest BCUT2D eigenvalue weighted by Gasteiger charge is 2.22. The Morgan fingerprint density at radius 2 is 2.00 bits per heavy atom. The third kappa shape index (κ3) is 5.46. The Morgan fingerprint density at radius 3 is 2.62 bits per heavy atom. The number of aromatic nitrogens is 2. The van der Waals surface area contributed by atoms with Crippen molar-refractivity contribution in [3.05, 3.63) is 42.6 Å². The van der Waals surface area contributed by atoms with Crippen LogP contribution in [-0.4, -0.2) is 60.0 Å². The first-order chi connectivity index (χ1) is 16.5. The Morgan fingerprint density at radius 1 is 1.24 bits per heavy atom. The van der Waals surface area contributed by atoms with E-state index in [4.69, 9.17) is 0 Å². The highest BCUT2D eigenvalue weighted by molar-refractivity contribution is 6.01. The van der Waals surface area contributed by atoms with Gasteiger partial charge in [-0.15, -0.1) is 0 Å². The fourth-order valence-electron chi connectivity index (χ4n) is 4.27. The molecule has 1 saturated carbocycles. The minimum absolute atomic E-state index is 0.292. The maximum atomic E-state index is 12.1. The van der Waals surface area contributed by atoms with Crippen LogP contribution in [0.5, 0.6) is 0 Å². The van der Waals surface area contributed by atoms with Crippen LogP contribution in [0.15, 0.2) is 37.1 Å². The number of nitrogens with one attached hydrogen (secondary N) is 3. The lowest BCUT2D eigenvalue weighted by Crippen LogP contribution is -2.42. The Labute approximate surface area is 200 Å². The summed E-state index contributed by atoms with van der Waals surface area (Å²) < 4.78 is 0. The smallest absolute Gasteiger partial charge is 0.247 e. The number of carbonyl (C=O) groups excluding carboxylic acids is 1. The molecule has 4 rings (SSSR count). The van der Waals surface area contributed by atoms with Crippen LogP contribution >= 0.6 is 0 Å². The van der Waals surface area contributed by atoms with E-state index in [1.54, 1.807) is 0 Å². The zero-order valence-corrected chi connectivity index (χ0v) is 19.8. The molecule has 34 heavy (non-hydrogen) atoms. The minimum atomic E-state index is -0.292. The molecule has 1 aromatic heterocycles. The van der Waals surface area contributed by atoms with E-state index < -0.39 is 0 Å². The molecule has 0 spiro atoms. The maximum Gasteiger partial charge on any atom is 0.247 e. The Kier molecular flexibility index (Phi) is 7.28. The van der Waals surface area contributed by atoms with Crippen LogP contribution in [0, 0.1) is 11.3 Å². The molecule has 9 heteroatoms. The van der Waals surface area contributed by atoms with Gasteiger partial charge in [-0.1, -0.05) is 6.58 Å². The van der Waals surface area contributed by atoms with Crippen LogP contribution in [0.25, 0.3) is 0 Å². The summed E-state index contributed by atoms with van der Waals surface area (Å²) in [6.07, 6.45) is 8.28. The van der Waals surface area contributed by atoms with E-state index in [-0.39, 0.29) is 5.91 Å². The first kappa shape index (κ1) is 23.5. The largest absolute Gasteiger partial charge is 0.371 e. The molecule has 0 radical (unpaired) electrons. The fraction of sp³-hybridized carbons (Fsp3) is 0.440. The average molecular weight is 461 g/mol. The summed E-state index contributed by atoms with van der Waals surface area (Å²) in [6, 6.07) is 9.01. The first-order valence-corrected chi connectivity index (χ1v) is 11.8. The summed E-state index contributed by atoms with van der Waals surface area (Å²) in [4.78, 5) is 25.6. The van der Waals surface area contributed by atoms with Crippen LogP contribution in [0.1, 0.15) is 37.7 Å². The molecule has 2 aromatic rings. The molecular weight excluding hydrogens is 428 g/mol. The van der Waals surface area contributed by atoms with Gasteiger partial charge in [0, 0.05) is 30.9 Å². The Hall–Kier alpha value is -3.64. The van der Waals surface area contributed by atoms with Gasteiger partial charge in [0.15, 0.2) is 0 Å². The van der Waals surface area contributed by atoms with Crippen LogP contribution in [-0.2, 0) is 4.79 Å². The highest BCUT2D eigenvalue weighted by Crippen LogP contribution is 2.32. The number of anilines is 5. The number of benzene rings is 1. The Bertz CT molecular complexity index is 1080. The van der Waals surface area contributed by atoms with Gasteiger partial charge in [-0.25, -0.2) is 4.98 Å². The summed E-state index contributed by atoms with van der Waals surface area (Å²) in [7, 11) is 4.25. The molecule has 0 unspecified atom stereocenters. The summed E-state index contributed by atoms with van der Waals surface area (Å²) >= 11 is 0. The topological polar surface area (TPSA) is 109 Å². The van der Waals surface area contributed by atoms with Gasteiger partial charge in [0.25, 0.3) is 0 Å². The van der Waals surface area contributed by atoms with Gasteiger partial charge < -0.3 is 25.8 Å². The van der Waals surface area contributed by atoms with Crippen molar-refractivity contribution in [1.82, 2.24) is 14.9 Å². The lowest BCUT2D eigenvalue weighted by Gasteiger charge is -2.36. The summed E-state index contributed by atoms with van der Waals surface area (Å²) in [5.74, 6) is 0.593. The third-order valence-corrected chi connectivity index (χ3v) is 6.61. The van der Waals surface area contributed by atoms with Gasteiger partial charge in [0.1, 0.15) is 17.5 Å². The maximum absolute atomic E-state index is 12.1. The molecular formula is C25H32N8O. The van der Waals surface area contributed by atoms with E-state index in [0.717, 1.165) is 44.5 Å². The predicted molar refractivity (Wildman–Crippen MR) is 135 cm³/mol. The molecule has 0 atom stereocenters. The lowest BCUT2D eigenvalue weighted by molar-refractivity contribution is -0.111. The molecule has 1 aliphatic carbocycles. The van der Waals surface area contributed by atoms with E-state index in [0.29, 0.717) is 40.8 Å². The molecule has 3 N–H and O–H groups in total. The van der Waals surface area contributed by atoms with Crippen molar-refractivity contribution < 1.29 is 4.79 Å². The average Bonchev–Trinajstić information content (AvgIpc) is 2.82. The van der Waals surface area contributed by atoms with Crippen molar-refractivity contribution in [2.24, 2.45) is 0 Å². The number of nitriles is 1. The molecule has 9 nitrogen and oxygen atoms in total. The normalized spacial score (nSPS) is 16.5. The molecule has 2 fully saturated rings. The SMILES string of the molecule is C=CC(=O)Nc1cc(N2CCC(N(C)C)CC2)ccc1Nc1ncc(C#N)c(NC2CCC2)n1. The number of nitrogens with zero attached hydrogens (tertiary/aromatic N) is 5. The quantitative estimate of drug-likeness (QED) is 0.512. The third-order valence-electron chi connectivity index (χ3n) is 6.61. The number of rotatable bonds is 8. The van der Waals surface area contributed by atoms with Gasteiger partial charge in [-0.05, 0) is 70.5 Å². The van der Waals surface area contributed by atoms with Crippen LogP contribution < -0.4 is 20.9 Å². The number of hydrogen-bond acceptors (Lipinski definition) is 8. The standard InChI is InChI=1S/C25H32N8O/c1-4-23(34)29-22-14-20(33-12-10-19(11-13-33)32(2)3)8-9-21(22)30-25-27-16-17(15-26)24(31-25)28-18-6-5-7-18/h4,8-9,14,16,18-19H,1,5-7,10-13H2,2-3H3,(H,29,34)(H2,27,28,30,31). The van der Waals surface area contributed by atoms with Gasteiger partial charge in [0.05, 0.1) is 17.6 Å². The zero-order chi connectivity index (χ0) is 24.1. The fourth-order valence-corrected chi connectivity index (χ4v) is 4.27. The molecule has 1 saturated heterocycles. The minimum Gasteiger partial charge on any atom is -0.371 e. The van der Waals surface area contributed by atoms with E-state index in [9.17, 15) is 10.1 Å². The second kappa shape index (κ2) is 10.5. The monoisotopic (exact) mass is 460 g/mol.